The third-order valence-electron chi connectivity index (χ3n) is 2.29. The monoisotopic (exact) mass is 320 g/mol. The summed E-state index contributed by atoms with van der Waals surface area (Å²) in [6, 6.07) is 2.90. The Hall–Kier alpha value is -2.04. The minimum atomic E-state index is -4.69. The molecule has 0 aliphatic rings. The van der Waals surface area contributed by atoms with Gasteiger partial charge in [0.05, 0.1) is 0 Å². The molecule has 120 valence electrons. The van der Waals surface area contributed by atoms with Gasteiger partial charge in [0.2, 0.25) is 0 Å². The van der Waals surface area contributed by atoms with Crippen LogP contribution in [0.1, 0.15) is 19.8 Å². The number of rotatable bonds is 7. The number of hydrogen-bond donors (Lipinski definition) is 4. The van der Waals surface area contributed by atoms with Crippen LogP contribution in [0.4, 0.5) is 17.3 Å². The van der Waals surface area contributed by atoms with E-state index in [0.717, 1.165) is 12.8 Å². The molecule has 1 heterocycles. The quantitative estimate of drug-likeness (QED) is 0.235. The zero-order chi connectivity index (χ0) is 15.2. The highest BCUT2D eigenvalue weighted by Crippen LogP contribution is 2.12. The van der Waals surface area contributed by atoms with Crippen molar-refractivity contribution in [2.45, 2.75) is 19.8 Å². The Morgan fingerprint density at radius 1 is 1.33 bits per heavy atom. The molecule has 1 aromatic rings. The van der Waals surface area contributed by atoms with Crippen LogP contribution in [0.25, 0.3) is 0 Å². The average Bonchev–Trinajstić information content (AvgIpc) is 2.32. The number of hydrogen-bond acceptors (Lipinski definition) is 7. The van der Waals surface area contributed by atoms with E-state index in [1.165, 1.54) is 12.1 Å². The molecule has 0 radical (unpaired) electrons. The van der Waals surface area contributed by atoms with Crippen LogP contribution < -0.4 is 25.8 Å². The van der Waals surface area contributed by atoms with E-state index in [9.17, 15) is 8.42 Å². The van der Waals surface area contributed by atoms with E-state index in [2.05, 4.69) is 22.6 Å². The van der Waals surface area contributed by atoms with Crippen LogP contribution in [-0.4, -0.2) is 25.0 Å². The van der Waals surface area contributed by atoms with E-state index in [0.29, 0.717) is 17.0 Å². The van der Waals surface area contributed by atoms with Gasteiger partial charge >= 0.3 is 10.4 Å². The van der Waals surface area contributed by atoms with Gasteiger partial charge in [-0.05, 0) is 17.6 Å². The van der Waals surface area contributed by atoms with Gasteiger partial charge in [-0.1, -0.05) is 19.1 Å². The first-order valence-corrected chi connectivity index (χ1v) is 7.37. The lowest BCUT2D eigenvalue weighted by Crippen LogP contribution is -2.49. The molecule has 0 saturated carbocycles. The van der Waals surface area contributed by atoms with Crippen molar-refractivity contribution in [2.24, 2.45) is 0 Å². The van der Waals surface area contributed by atoms with Gasteiger partial charge < -0.3 is 22.3 Å². The van der Waals surface area contributed by atoms with Crippen LogP contribution in [0, 0.1) is 0 Å². The van der Waals surface area contributed by atoms with Gasteiger partial charge in [0, 0.05) is 24.4 Å². The maximum atomic E-state index is 10.6. The minimum absolute atomic E-state index is 0. The fourth-order valence-corrected chi connectivity index (χ4v) is 1.85. The van der Waals surface area contributed by atoms with Gasteiger partial charge in [0.15, 0.2) is 0 Å². The zero-order valence-electron chi connectivity index (χ0n) is 11.6. The maximum absolute atomic E-state index is 10.6. The zero-order valence-corrected chi connectivity index (χ0v) is 12.4. The molecule has 9 nitrogen and oxygen atoms in total. The second-order valence-corrected chi connectivity index (χ2v) is 4.99. The van der Waals surface area contributed by atoms with Crippen molar-refractivity contribution < 1.29 is 27.5 Å². The first-order chi connectivity index (χ1) is 9.33. The standard InChI is InChI=1S/C11H18N4O4S.H2O/c1-2-3-4-5-6-14-9-7-10(12)15(11(13)8-9)19-20(16,17)18;/h3-4,7-8H,2,5-6H2,1H3,(H5,12,13,14,16,17,18);1H2. The maximum Gasteiger partial charge on any atom is 0.476 e. The number of anilines is 3. The number of nitrogens with two attached hydrogens (primary N) is 2. The van der Waals surface area contributed by atoms with Crippen molar-refractivity contribution in [2.75, 3.05) is 23.3 Å². The summed E-state index contributed by atoms with van der Waals surface area (Å²) in [5.41, 5.74) is 11.8. The first kappa shape index (κ1) is 19.0. The molecule has 0 saturated heterocycles. The summed E-state index contributed by atoms with van der Waals surface area (Å²) in [4.78, 5) is 0. The van der Waals surface area contributed by atoms with Crippen molar-refractivity contribution in [1.29, 1.82) is 0 Å². The van der Waals surface area contributed by atoms with Gasteiger partial charge in [0.25, 0.3) is 11.6 Å². The lowest BCUT2D eigenvalue weighted by atomic mass is 10.3. The Morgan fingerprint density at radius 3 is 2.38 bits per heavy atom. The lowest BCUT2D eigenvalue weighted by molar-refractivity contribution is -0.833. The molecule has 0 aliphatic heterocycles. The Bertz CT molecular complexity index is 565. The van der Waals surface area contributed by atoms with Gasteiger partial charge in [-0.3, -0.25) is 4.55 Å². The highest BCUT2D eigenvalue weighted by atomic mass is 32.3. The van der Waals surface area contributed by atoms with Gasteiger partial charge in [-0.2, -0.15) is 8.42 Å². The molecule has 0 amide bonds. The Morgan fingerprint density at radius 2 is 1.90 bits per heavy atom. The normalized spacial score (nSPS) is 11.1. The molecule has 0 aliphatic carbocycles. The van der Waals surface area contributed by atoms with E-state index < -0.39 is 10.4 Å². The van der Waals surface area contributed by atoms with E-state index in [1.54, 1.807) is 0 Å². The molecular weight excluding hydrogens is 300 g/mol. The summed E-state index contributed by atoms with van der Waals surface area (Å²) in [5.74, 6) is -0.122. The fourth-order valence-electron chi connectivity index (χ4n) is 1.49. The molecule has 1 rings (SSSR count). The summed E-state index contributed by atoms with van der Waals surface area (Å²) in [6.45, 7) is 2.73. The summed E-state index contributed by atoms with van der Waals surface area (Å²) in [5, 5.41) is 3.08. The number of allylic oxidation sites excluding steroid dienone is 1. The highest BCUT2D eigenvalue weighted by molar-refractivity contribution is 7.80. The second-order valence-electron chi connectivity index (χ2n) is 3.99. The Kier molecular flexibility index (Phi) is 7.49. The number of nitrogens with one attached hydrogen (secondary N) is 1. The third kappa shape index (κ3) is 6.79. The van der Waals surface area contributed by atoms with E-state index in [-0.39, 0.29) is 17.1 Å². The van der Waals surface area contributed by atoms with Crippen molar-refractivity contribution in [1.82, 2.24) is 0 Å². The largest absolute Gasteiger partial charge is 0.870 e. The molecule has 10 heteroatoms. The average molecular weight is 320 g/mol. The Labute approximate surface area is 123 Å². The molecule has 0 unspecified atom stereocenters. The molecule has 0 spiro atoms. The van der Waals surface area contributed by atoms with Crippen LogP contribution in [0.15, 0.2) is 24.3 Å². The lowest BCUT2D eigenvalue weighted by Gasteiger charge is -2.09. The molecule has 0 bridgehead atoms. The smallest absolute Gasteiger partial charge is 0.476 e. The van der Waals surface area contributed by atoms with Crippen molar-refractivity contribution in [3.8, 4) is 0 Å². The highest BCUT2D eigenvalue weighted by Gasteiger charge is 2.18. The van der Waals surface area contributed by atoms with E-state index in [4.69, 9.17) is 16.0 Å². The van der Waals surface area contributed by atoms with Crippen molar-refractivity contribution in [3.63, 3.8) is 0 Å². The SMILES string of the molecule is CCC=CCCNc1cc(N)[n+](OS(=O)(=O)O)c(N)c1.[OH-]. The van der Waals surface area contributed by atoms with Gasteiger partial charge in [-0.25, -0.2) is 4.28 Å². The topological polar surface area (TPSA) is 162 Å². The van der Waals surface area contributed by atoms with Crippen LogP contribution in [0.2, 0.25) is 0 Å². The first-order valence-electron chi connectivity index (χ1n) is 6.00. The molecule has 0 atom stereocenters. The summed E-state index contributed by atoms with van der Waals surface area (Å²) >= 11 is 0. The molecule has 0 fully saturated rings. The number of nitrogen functional groups attached to an aromatic ring is 2. The number of nitrogens with zero attached hydrogens (tertiary/aromatic N) is 1. The second kappa shape index (κ2) is 8.29. The predicted octanol–water partition coefficient (Wildman–Crippen LogP) is -0.0387. The summed E-state index contributed by atoms with van der Waals surface area (Å²) < 4.78 is 34.7. The fraction of sp³-hybridized carbons (Fsp3) is 0.364. The van der Waals surface area contributed by atoms with Crippen LogP contribution in [0.3, 0.4) is 0 Å². The minimum Gasteiger partial charge on any atom is -0.870 e. The third-order valence-corrected chi connectivity index (χ3v) is 2.62. The molecule has 1 aromatic heterocycles. The van der Waals surface area contributed by atoms with Crippen molar-refractivity contribution >= 4 is 27.7 Å². The molecule has 7 N–H and O–H groups in total. The van der Waals surface area contributed by atoms with Crippen LogP contribution >= 0.6 is 0 Å². The predicted molar refractivity (Wildman–Crippen MR) is 78.1 cm³/mol. The number of aromatic nitrogens is 1. The number of pyridine rings is 1. The molecular formula is C11H20N4O5S. The van der Waals surface area contributed by atoms with Gasteiger partial charge in [-0.15, -0.1) is 0 Å². The van der Waals surface area contributed by atoms with E-state index >= 15 is 0 Å². The Balaban J connectivity index is 0.00000400. The summed E-state index contributed by atoms with van der Waals surface area (Å²) in [6.07, 6.45) is 5.93. The van der Waals surface area contributed by atoms with Crippen LogP contribution in [0.5, 0.6) is 0 Å². The van der Waals surface area contributed by atoms with Crippen LogP contribution in [-0.2, 0) is 10.4 Å². The van der Waals surface area contributed by atoms with Gasteiger partial charge in [0.1, 0.15) is 0 Å². The van der Waals surface area contributed by atoms with Crippen molar-refractivity contribution in [3.05, 3.63) is 24.3 Å². The van der Waals surface area contributed by atoms with E-state index in [1.807, 2.05) is 6.08 Å². The summed E-state index contributed by atoms with van der Waals surface area (Å²) in [7, 11) is -4.69. The molecule has 21 heavy (non-hydrogen) atoms. The molecule has 0 aromatic carbocycles.